The molecule has 7 nitrogen and oxygen atoms in total. The fraction of sp³-hybridized carbons (Fsp3) is 0.167. The second-order valence-electron chi connectivity index (χ2n) is 5.54. The molecule has 3 heterocycles. The Hall–Kier alpha value is -2.78. The average molecular weight is 400 g/mol. The highest BCUT2D eigenvalue weighted by Crippen LogP contribution is 2.28. The molecule has 2 N–H and O–H groups in total. The van der Waals surface area contributed by atoms with Crippen molar-refractivity contribution in [1.82, 2.24) is 19.9 Å². The van der Waals surface area contributed by atoms with Crippen LogP contribution >= 0.6 is 23.1 Å². The predicted molar refractivity (Wildman–Crippen MR) is 106 cm³/mol. The summed E-state index contributed by atoms with van der Waals surface area (Å²) in [4.78, 5) is 5.51. The number of nitrogen functional groups attached to an aromatic ring is 1. The number of rotatable bonds is 7. The van der Waals surface area contributed by atoms with E-state index in [1.807, 2.05) is 48.7 Å². The Kier molecular flexibility index (Phi) is 5.12. The van der Waals surface area contributed by atoms with Gasteiger partial charge in [0.2, 0.25) is 11.0 Å². The van der Waals surface area contributed by atoms with Gasteiger partial charge in [0.1, 0.15) is 12.0 Å². The molecule has 0 amide bonds. The number of oxazole rings is 1. The fourth-order valence-electron chi connectivity index (χ4n) is 2.46. The highest BCUT2D eigenvalue weighted by atomic mass is 32.2. The minimum absolute atomic E-state index is 0.591. The summed E-state index contributed by atoms with van der Waals surface area (Å²) >= 11 is 3.05. The molecule has 4 aromatic rings. The number of ether oxygens (including phenoxy) is 1. The third-order valence-electron chi connectivity index (χ3n) is 3.72. The minimum Gasteiger partial charge on any atom is -0.494 e. The van der Waals surface area contributed by atoms with Crippen LogP contribution in [0.2, 0.25) is 0 Å². The number of thiophene rings is 1. The van der Waals surface area contributed by atoms with Crippen LogP contribution < -0.4 is 10.6 Å². The van der Waals surface area contributed by atoms with Crippen molar-refractivity contribution < 1.29 is 9.15 Å². The van der Waals surface area contributed by atoms with E-state index in [2.05, 4.69) is 15.2 Å². The van der Waals surface area contributed by atoms with E-state index in [0.717, 1.165) is 21.9 Å². The molecule has 4 rings (SSSR count). The molecule has 1 aromatic carbocycles. The summed E-state index contributed by atoms with van der Waals surface area (Å²) in [7, 11) is 0. The van der Waals surface area contributed by atoms with Gasteiger partial charge in [0.15, 0.2) is 5.82 Å². The molecule has 27 heavy (non-hydrogen) atoms. The van der Waals surface area contributed by atoms with Crippen LogP contribution in [0.25, 0.3) is 22.2 Å². The summed E-state index contributed by atoms with van der Waals surface area (Å²) in [6, 6.07) is 11.6. The molecule has 3 aromatic heterocycles. The number of hydrogen-bond acceptors (Lipinski definition) is 8. The van der Waals surface area contributed by atoms with Crippen LogP contribution in [0.15, 0.2) is 57.6 Å². The maximum atomic E-state index is 6.18. The second kappa shape index (κ2) is 7.85. The van der Waals surface area contributed by atoms with Crippen LogP contribution in [-0.4, -0.2) is 26.5 Å². The maximum absolute atomic E-state index is 6.18. The van der Waals surface area contributed by atoms with Crippen LogP contribution in [0.3, 0.4) is 0 Å². The molecule has 0 aliphatic heterocycles. The number of thioether (sulfide) groups is 1. The van der Waals surface area contributed by atoms with Gasteiger partial charge in [-0.25, -0.2) is 9.66 Å². The quantitative estimate of drug-likeness (QED) is 0.370. The topological polar surface area (TPSA) is 92.0 Å². The van der Waals surface area contributed by atoms with Crippen molar-refractivity contribution in [1.29, 1.82) is 0 Å². The van der Waals surface area contributed by atoms with Crippen LogP contribution in [0.5, 0.6) is 5.75 Å². The summed E-state index contributed by atoms with van der Waals surface area (Å²) in [6.45, 7) is 2.58. The molecule has 0 unspecified atom stereocenters. The van der Waals surface area contributed by atoms with Crippen LogP contribution in [0.1, 0.15) is 12.6 Å². The van der Waals surface area contributed by atoms with Crippen LogP contribution in [-0.2, 0) is 5.75 Å². The zero-order chi connectivity index (χ0) is 18.6. The lowest BCUT2D eigenvalue weighted by Gasteiger charge is -2.05. The Labute approximate surface area is 164 Å². The van der Waals surface area contributed by atoms with Gasteiger partial charge >= 0.3 is 0 Å². The lowest BCUT2D eigenvalue weighted by atomic mass is 10.2. The number of aromatic nitrogens is 4. The molecule has 0 saturated carbocycles. The Morgan fingerprint density at radius 2 is 2.07 bits per heavy atom. The molecule has 138 valence electrons. The molecular formula is C18H17N5O2S2. The van der Waals surface area contributed by atoms with Crippen molar-refractivity contribution in [3.63, 3.8) is 0 Å². The lowest BCUT2D eigenvalue weighted by molar-refractivity contribution is 0.340. The normalized spacial score (nSPS) is 11.0. The smallest absolute Gasteiger partial charge is 0.236 e. The molecule has 0 spiro atoms. The second-order valence-corrected chi connectivity index (χ2v) is 7.43. The standard InChI is InChI=1S/C18H17N5O2S2/c1-2-24-14-7-5-12(6-8-14)16-21-22-18(23(16)19)27-11-13-10-25-17(20-13)15-4-3-9-26-15/h3-10H,2,11,19H2,1H3. The van der Waals surface area contributed by atoms with E-state index in [1.54, 1.807) is 17.6 Å². The molecule has 0 fully saturated rings. The first kappa shape index (κ1) is 17.6. The summed E-state index contributed by atoms with van der Waals surface area (Å²) in [6.07, 6.45) is 1.66. The van der Waals surface area contributed by atoms with Gasteiger partial charge in [-0.15, -0.1) is 21.5 Å². The molecule has 0 radical (unpaired) electrons. The van der Waals surface area contributed by atoms with Gasteiger partial charge < -0.3 is 15.0 Å². The average Bonchev–Trinajstić information content (AvgIpc) is 3.42. The van der Waals surface area contributed by atoms with Gasteiger partial charge in [-0.1, -0.05) is 17.8 Å². The number of nitrogens with zero attached hydrogens (tertiary/aromatic N) is 4. The van der Waals surface area contributed by atoms with E-state index in [9.17, 15) is 0 Å². The van der Waals surface area contributed by atoms with Gasteiger partial charge in [0.05, 0.1) is 17.2 Å². The van der Waals surface area contributed by atoms with Crippen molar-refractivity contribution in [2.24, 2.45) is 0 Å². The van der Waals surface area contributed by atoms with Gasteiger partial charge in [-0.05, 0) is 42.6 Å². The fourth-order valence-corrected chi connectivity index (χ4v) is 3.85. The Morgan fingerprint density at radius 1 is 1.22 bits per heavy atom. The largest absolute Gasteiger partial charge is 0.494 e. The molecule has 0 aliphatic rings. The third kappa shape index (κ3) is 3.83. The molecule has 0 bridgehead atoms. The van der Waals surface area contributed by atoms with Gasteiger partial charge in [0.25, 0.3) is 0 Å². The zero-order valence-electron chi connectivity index (χ0n) is 14.5. The van der Waals surface area contributed by atoms with Crippen molar-refractivity contribution in [2.45, 2.75) is 17.8 Å². The molecule has 9 heteroatoms. The first-order chi connectivity index (χ1) is 13.2. The van der Waals surface area contributed by atoms with E-state index in [1.165, 1.54) is 16.4 Å². The van der Waals surface area contributed by atoms with E-state index in [0.29, 0.717) is 29.2 Å². The molecule has 0 aliphatic carbocycles. The summed E-state index contributed by atoms with van der Waals surface area (Å²) < 4.78 is 12.5. The van der Waals surface area contributed by atoms with E-state index >= 15 is 0 Å². The summed E-state index contributed by atoms with van der Waals surface area (Å²) in [5.41, 5.74) is 1.70. The van der Waals surface area contributed by atoms with Crippen molar-refractivity contribution in [2.75, 3.05) is 12.4 Å². The monoisotopic (exact) mass is 399 g/mol. The van der Waals surface area contributed by atoms with E-state index < -0.39 is 0 Å². The number of benzene rings is 1. The van der Waals surface area contributed by atoms with Crippen LogP contribution in [0.4, 0.5) is 0 Å². The van der Waals surface area contributed by atoms with Gasteiger partial charge in [-0.2, -0.15) is 0 Å². The SMILES string of the molecule is CCOc1ccc(-c2nnc(SCc3coc(-c4cccs4)n3)n2N)cc1. The highest BCUT2D eigenvalue weighted by molar-refractivity contribution is 7.98. The Balaban J connectivity index is 1.45. The highest BCUT2D eigenvalue weighted by Gasteiger charge is 2.14. The molecule has 0 atom stereocenters. The van der Waals surface area contributed by atoms with E-state index in [4.69, 9.17) is 15.0 Å². The summed E-state index contributed by atoms with van der Waals surface area (Å²) in [5.74, 6) is 8.81. The number of nitrogens with two attached hydrogens (primary N) is 1. The maximum Gasteiger partial charge on any atom is 0.236 e. The van der Waals surface area contributed by atoms with Gasteiger partial charge in [-0.3, -0.25) is 0 Å². The molecular weight excluding hydrogens is 382 g/mol. The lowest BCUT2D eigenvalue weighted by Crippen LogP contribution is -2.11. The van der Waals surface area contributed by atoms with Crippen molar-refractivity contribution in [3.8, 4) is 27.9 Å². The van der Waals surface area contributed by atoms with E-state index in [-0.39, 0.29) is 0 Å². The number of hydrogen-bond donors (Lipinski definition) is 1. The first-order valence-corrected chi connectivity index (χ1v) is 10.2. The molecule has 0 saturated heterocycles. The van der Waals surface area contributed by atoms with Crippen LogP contribution in [0, 0.1) is 0 Å². The van der Waals surface area contributed by atoms with Gasteiger partial charge in [0, 0.05) is 11.3 Å². The Bertz CT molecular complexity index is 1010. The Morgan fingerprint density at radius 3 is 2.81 bits per heavy atom. The first-order valence-electron chi connectivity index (χ1n) is 8.29. The van der Waals surface area contributed by atoms with Crippen molar-refractivity contribution in [3.05, 3.63) is 53.7 Å². The van der Waals surface area contributed by atoms with Crippen molar-refractivity contribution >= 4 is 23.1 Å². The zero-order valence-corrected chi connectivity index (χ0v) is 16.2. The third-order valence-corrected chi connectivity index (χ3v) is 5.56. The predicted octanol–water partition coefficient (Wildman–Crippen LogP) is 4.07. The minimum atomic E-state index is 0.591. The summed E-state index contributed by atoms with van der Waals surface area (Å²) in [5, 5.41) is 11.0.